The fourth-order valence-corrected chi connectivity index (χ4v) is 10.8. The minimum atomic E-state index is -4.62. The average molecular weight is 847 g/mol. The number of sulfonamides is 1. The smallest absolute Gasteiger partial charge is 0.325 e. The molecule has 2 aliphatic rings. The minimum absolute atomic E-state index is 0.0269. The van der Waals surface area contributed by atoms with Gasteiger partial charge in [-0.1, -0.05) is 72.8 Å². The Labute approximate surface area is 332 Å². The fourth-order valence-electron chi connectivity index (χ4n) is 7.05. The van der Waals surface area contributed by atoms with Gasteiger partial charge in [-0.25, -0.2) is 12.7 Å². The van der Waals surface area contributed by atoms with Crippen molar-refractivity contribution in [1.29, 1.82) is 0 Å². The highest BCUT2D eigenvalue weighted by molar-refractivity contribution is 7.97. The molecule has 0 saturated carbocycles. The van der Waals surface area contributed by atoms with E-state index in [-0.39, 0.29) is 29.8 Å². The van der Waals surface area contributed by atoms with E-state index >= 15 is 0 Å². The predicted octanol–water partition coefficient (Wildman–Crippen LogP) is 8.06. The molecule has 2 N–H and O–H groups in total. The molecule has 308 valence electrons. The van der Waals surface area contributed by atoms with Crippen molar-refractivity contribution in [3.63, 3.8) is 0 Å². The number of alkyl halides is 6. The normalized spacial score (nSPS) is 19.3. The van der Waals surface area contributed by atoms with Gasteiger partial charge in [0, 0.05) is 34.2 Å². The van der Waals surface area contributed by atoms with Crippen LogP contribution in [-0.2, 0) is 53.2 Å². The van der Waals surface area contributed by atoms with Gasteiger partial charge in [-0.2, -0.15) is 30.6 Å². The van der Waals surface area contributed by atoms with Crippen LogP contribution < -0.4 is 10.6 Å². The molecule has 0 aliphatic carbocycles. The molecule has 2 fully saturated rings. The SMILES string of the molecule is C=S(=O)(Cc1cccc(C(F)(F)F)c1)N1CCC[C@H]1C(=O)Nc1ccc(/C=C/c2ccc(NC(=O)[C@@H]3CCCN3S(=O)(=O)Cc3cccc(C(F)(F)F)c3)cc2)cc1. The lowest BCUT2D eigenvalue weighted by atomic mass is 10.1. The first-order valence-corrected chi connectivity index (χ1v) is 21.7. The molecule has 2 heterocycles. The number of carbonyl (C=O) groups is 2. The van der Waals surface area contributed by atoms with Crippen molar-refractivity contribution < 1.29 is 48.6 Å². The number of anilines is 2. The average Bonchev–Trinajstić information content (AvgIpc) is 3.87. The van der Waals surface area contributed by atoms with Crippen molar-refractivity contribution in [1.82, 2.24) is 8.61 Å². The topological polar surface area (TPSA) is 116 Å². The zero-order valence-corrected chi connectivity index (χ0v) is 32.6. The lowest BCUT2D eigenvalue weighted by molar-refractivity contribution is -0.138. The second kappa shape index (κ2) is 17.1. The number of nitrogens with zero attached hydrogens (tertiary/aromatic N) is 2. The Morgan fingerprint density at radius 1 is 0.638 bits per heavy atom. The van der Waals surface area contributed by atoms with Gasteiger partial charge in [-0.3, -0.25) is 13.8 Å². The quantitative estimate of drug-likeness (QED) is 0.0851. The standard InChI is InChI=1S/C41H40F6N4O5S2/c1-57(54,26-30-6-2-8-32(24-30)40(42,43)44)50-22-4-10-36(50)38(52)48-34-18-14-28(15-19-34)12-13-29-16-20-35(21-17-29)49-39(53)37-11-5-23-51(37)58(55,56)27-31-7-3-9-33(25-31)41(45,46)47/h2-3,6-9,12-21,24-25,36-37H,1,4-5,10-11,22-23,26-27H2,(H,48,52)(H,49,53)/b13-12+/t36-,37-,57?/m0/s1. The van der Waals surface area contributed by atoms with E-state index in [1.54, 1.807) is 48.5 Å². The summed E-state index contributed by atoms with van der Waals surface area (Å²) in [7, 11) is -7.22. The van der Waals surface area contributed by atoms with Gasteiger partial charge >= 0.3 is 12.4 Å². The molecule has 4 aromatic rings. The molecule has 9 nitrogen and oxygen atoms in total. The van der Waals surface area contributed by atoms with Crippen molar-refractivity contribution >= 4 is 60.9 Å². The van der Waals surface area contributed by atoms with Gasteiger partial charge in [-0.15, -0.1) is 0 Å². The summed E-state index contributed by atoms with van der Waals surface area (Å²) in [5.41, 5.74) is 0.889. The number of benzene rings is 4. The molecule has 17 heteroatoms. The number of hydrogen-bond donors (Lipinski definition) is 2. The maximum Gasteiger partial charge on any atom is 0.416 e. The van der Waals surface area contributed by atoms with Gasteiger partial charge in [0.05, 0.1) is 22.6 Å². The Morgan fingerprint density at radius 2 is 1.05 bits per heavy atom. The number of hydrogen-bond acceptors (Lipinski definition) is 5. The number of carbonyl (C=O) groups excluding carboxylic acids is 2. The van der Waals surface area contributed by atoms with Crippen LogP contribution in [0, 0.1) is 0 Å². The zero-order valence-electron chi connectivity index (χ0n) is 30.9. The minimum Gasteiger partial charge on any atom is -0.325 e. The van der Waals surface area contributed by atoms with Crippen LogP contribution in [-0.4, -0.2) is 64.1 Å². The predicted molar refractivity (Wildman–Crippen MR) is 213 cm³/mol. The Morgan fingerprint density at radius 3 is 1.50 bits per heavy atom. The summed E-state index contributed by atoms with van der Waals surface area (Å²) in [6.07, 6.45) is -3.84. The van der Waals surface area contributed by atoms with Crippen LogP contribution in [0.5, 0.6) is 0 Å². The fraction of sp³-hybridized carbons (Fsp3) is 0.293. The van der Waals surface area contributed by atoms with E-state index in [1.807, 2.05) is 12.2 Å². The molecule has 1 unspecified atom stereocenters. The summed E-state index contributed by atoms with van der Waals surface area (Å²) in [5.74, 6) is 1.97. The number of amides is 2. The summed E-state index contributed by atoms with van der Waals surface area (Å²) in [5, 5.41) is 5.57. The molecule has 2 aliphatic heterocycles. The van der Waals surface area contributed by atoms with E-state index < -0.39 is 72.9 Å². The van der Waals surface area contributed by atoms with Crippen LogP contribution >= 0.6 is 0 Å². The maximum atomic E-state index is 13.6. The van der Waals surface area contributed by atoms with Gasteiger partial charge in [0.2, 0.25) is 21.8 Å². The summed E-state index contributed by atoms with van der Waals surface area (Å²) in [4.78, 5) is 26.5. The van der Waals surface area contributed by atoms with Crippen LogP contribution in [0.2, 0.25) is 0 Å². The van der Waals surface area contributed by atoms with Gasteiger partial charge in [0.1, 0.15) is 12.1 Å². The van der Waals surface area contributed by atoms with E-state index in [2.05, 4.69) is 16.5 Å². The van der Waals surface area contributed by atoms with Gasteiger partial charge in [0.15, 0.2) is 0 Å². The Hall–Kier alpha value is -4.97. The molecule has 2 saturated heterocycles. The van der Waals surface area contributed by atoms with Gasteiger partial charge < -0.3 is 10.6 Å². The first-order chi connectivity index (χ1) is 27.3. The second-order valence-electron chi connectivity index (χ2n) is 14.2. The lowest BCUT2D eigenvalue weighted by Gasteiger charge is -2.27. The third-order valence-electron chi connectivity index (χ3n) is 9.87. The molecule has 0 spiro atoms. The first kappa shape index (κ1) is 42.6. The third-order valence-corrected chi connectivity index (χ3v) is 13.8. The van der Waals surface area contributed by atoms with E-state index in [4.69, 9.17) is 0 Å². The highest BCUT2D eigenvalue weighted by Gasteiger charge is 2.40. The zero-order chi connectivity index (χ0) is 41.9. The van der Waals surface area contributed by atoms with E-state index in [0.717, 1.165) is 45.8 Å². The molecule has 2 amide bonds. The van der Waals surface area contributed by atoms with Crippen molar-refractivity contribution in [3.8, 4) is 0 Å². The van der Waals surface area contributed by atoms with Crippen LogP contribution in [0.1, 0.15) is 59.1 Å². The third kappa shape index (κ3) is 10.6. The molecule has 0 bridgehead atoms. The highest BCUT2D eigenvalue weighted by Crippen LogP contribution is 2.33. The van der Waals surface area contributed by atoms with E-state index in [0.29, 0.717) is 37.2 Å². The maximum absolute atomic E-state index is 13.6. The molecule has 6 rings (SSSR count). The largest absolute Gasteiger partial charge is 0.416 e. The lowest BCUT2D eigenvalue weighted by Crippen LogP contribution is -2.43. The monoisotopic (exact) mass is 846 g/mol. The first-order valence-electron chi connectivity index (χ1n) is 18.2. The van der Waals surface area contributed by atoms with Crippen LogP contribution in [0.4, 0.5) is 37.7 Å². The van der Waals surface area contributed by atoms with E-state index in [9.17, 15) is 48.6 Å². The number of nitrogens with one attached hydrogen (secondary N) is 2. The van der Waals surface area contributed by atoms with Gasteiger partial charge in [0.25, 0.3) is 0 Å². The molecular formula is C41H40F6N4O5S2. The Balaban J connectivity index is 1.01. The van der Waals surface area contributed by atoms with Gasteiger partial charge in [-0.05, 0) is 90.2 Å². The number of halogens is 6. The molecular weight excluding hydrogens is 807 g/mol. The Kier molecular flexibility index (Phi) is 12.6. The van der Waals surface area contributed by atoms with Crippen molar-refractivity contribution in [2.45, 2.75) is 61.6 Å². The summed E-state index contributed by atoms with van der Waals surface area (Å²) in [6, 6.07) is 20.7. The summed E-state index contributed by atoms with van der Waals surface area (Å²) in [6.45, 7) is 0.388. The molecule has 4 aromatic carbocycles. The van der Waals surface area contributed by atoms with Crippen LogP contribution in [0.15, 0.2) is 97.1 Å². The summed E-state index contributed by atoms with van der Waals surface area (Å²) < 4.78 is 122. The molecule has 0 aromatic heterocycles. The highest BCUT2D eigenvalue weighted by atomic mass is 32.2. The second-order valence-corrected chi connectivity index (χ2v) is 18.4. The van der Waals surface area contributed by atoms with Crippen molar-refractivity contribution in [3.05, 3.63) is 130 Å². The molecule has 0 radical (unpaired) electrons. The molecule has 3 atom stereocenters. The Bertz CT molecular complexity index is 2220. The number of rotatable bonds is 12. The van der Waals surface area contributed by atoms with Crippen LogP contribution in [0.25, 0.3) is 12.2 Å². The molecule has 58 heavy (non-hydrogen) atoms. The van der Waals surface area contributed by atoms with Crippen molar-refractivity contribution in [2.75, 3.05) is 23.7 Å². The van der Waals surface area contributed by atoms with Crippen molar-refractivity contribution in [2.24, 2.45) is 0 Å². The van der Waals surface area contributed by atoms with E-state index in [1.165, 1.54) is 22.5 Å². The van der Waals surface area contributed by atoms with Crippen LogP contribution in [0.3, 0.4) is 0 Å². The summed E-state index contributed by atoms with van der Waals surface area (Å²) >= 11 is 0.